The van der Waals surface area contributed by atoms with E-state index >= 15 is 0 Å². The summed E-state index contributed by atoms with van der Waals surface area (Å²) in [6, 6.07) is 10.1. The van der Waals surface area contributed by atoms with Gasteiger partial charge in [-0.15, -0.1) is 6.42 Å². The van der Waals surface area contributed by atoms with Crippen LogP contribution in [0.2, 0.25) is 0 Å². The molecule has 0 unspecified atom stereocenters. The van der Waals surface area contributed by atoms with Crippen LogP contribution in [0.5, 0.6) is 23.0 Å². The van der Waals surface area contributed by atoms with Crippen LogP contribution >= 0.6 is 0 Å². The molecule has 2 aromatic rings. The number of nitrogens with one attached hydrogen (secondary N) is 1. The summed E-state index contributed by atoms with van der Waals surface area (Å²) >= 11 is 0. The summed E-state index contributed by atoms with van der Waals surface area (Å²) in [5.41, 5.74) is 3.56. The van der Waals surface area contributed by atoms with Crippen LogP contribution in [0.15, 0.2) is 41.5 Å². The third-order valence-electron chi connectivity index (χ3n) is 3.57. The Morgan fingerprint density at radius 1 is 1.11 bits per heavy atom. The molecule has 0 saturated carbocycles. The largest absolute Gasteiger partial charge is 0.497 e. The van der Waals surface area contributed by atoms with E-state index in [9.17, 15) is 4.79 Å². The molecule has 7 heteroatoms. The molecule has 0 saturated heterocycles. The lowest BCUT2D eigenvalue weighted by Crippen LogP contribution is -2.17. The molecular weight excluding hydrogens is 360 g/mol. The lowest BCUT2D eigenvalue weighted by atomic mass is 10.2. The average molecular weight is 382 g/mol. The molecular formula is C21H22N2O5. The lowest BCUT2D eigenvalue weighted by Gasteiger charge is -2.10. The van der Waals surface area contributed by atoms with E-state index in [0.717, 1.165) is 5.56 Å². The fraction of sp³-hybridized carbons (Fsp3) is 0.238. The van der Waals surface area contributed by atoms with E-state index in [1.54, 1.807) is 36.4 Å². The predicted octanol–water partition coefficient (Wildman–Crippen LogP) is 2.88. The molecule has 0 bridgehead atoms. The summed E-state index contributed by atoms with van der Waals surface area (Å²) in [5.74, 6) is 4.13. The van der Waals surface area contributed by atoms with Gasteiger partial charge in [-0.2, -0.15) is 5.10 Å². The van der Waals surface area contributed by atoms with Crippen LogP contribution in [-0.2, 0) is 0 Å². The number of ether oxygens (including phenoxy) is 4. The molecule has 1 N–H and O–H groups in total. The van der Waals surface area contributed by atoms with Crippen LogP contribution in [0, 0.1) is 12.3 Å². The molecule has 2 rings (SSSR count). The molecule has 0 fully saturated rings. The minimum Gasteiger partial charge on any atom is -0.497 e. The Bertz CT molecular complexity index is 865. The zero-order valence-corrected chi connectivity index (χ0v) is 16.0. The van der Waals surface area contributed by atoms with Crippen LogP contribution in [0.1, 0.15) is 22.8 Å². The Morgan fingerprint density at radius 3 is 2.43 bits per heavy atom. The van der Waals surface area contributed by atoms with Crippen molar-refractivity contribution in [3.8, 4) is 35.3 Å². The van der Waals surface area contributed by atoms with Crippen LogP contribution in [-0.4, -0.2) is 39.6 Å². The van der Waals surface area contributed by atoms with Crippen LogP contribution in [0.4, 0.5) is 0 Å². The number of benzene rings is 2. The first-order valence-electron chi connectivity index (χ1n) is 8.50. The highest BCUT2D eigenvalue weighted by molar-refractivity contribution is 5.95. The van der Waals surface area contributed by atoms with Gasteiger partial charge in [-0.25, -0.2) is 5.43 Å². The lowest BCUT2D eigenvalue weighted by molar-refractivity contribution is 0.0954. The maximum Gasteiger partial charge on any atom is 0.271 e. The quantitative estimate of drug-likeness (QED) is 0.410. The Kier molecular flexibility index (Phi) is 7.73. The number of hydrogen-bond acceptors (Lipinski definition) is 6. The maximum atomic E-state index is 12.3. The van der Waals surface area contributed by atoms with E-state index in [1.165, 1.54) is 20.4 Å². The van der Waals surface area contributed by atoms with Crippen molar-refractivity contribution in [3.63, 3.8) is 0 Å². The molecule has 0 aliphatic carbocycles. The summed E-state index contributed by atoms with van der Waals surface area (Å²) in [6.07, 6.45) is 6.72. The number of hydrogen-bond donors (Lipinski definition) is 1. The number of hydrazone groups is 1. The van der Waals surface area contributed by atoms with Crippen molar-refractivity contribution in [2.45, 2.75) is 6.92 Å². The highest BCUT2D eigenvalue weighted by Gasteiger charge is 2.09. The second-order valence-electron chi connectivity index (χ2n) is 5.43. The molecule has 2 aromatic carbocycles. The van der Waals surface area contributed by atoms with Crippen molar-refractivity contribution >= 4 is 12.1 Å². The number of carbonyl (C=O) groups is 1. The van der Waals surface area contributed by atoms with E-state index < -0.39 is 5.91 Å². The number of amides is 1. The van der Waals surface area contributed by atoms with Crippen molar-refractivity contribution < 1.29 is 23.7 Å². The van der Waals surface area contributed by atoms with Gasteiger partial charge in [0.15, 0.2) is 11.5 Å². The Hall–Kier alpha value is -3.66. The van der Waals surface area contributed by atoms with Gasteiger partial charge in [0.1, 0.15) is 18.1 Å². The molecule has 7 nitrogen and oxygen atoms in total. The summed E-state index contributed by atoms with van der Waals surface area (Å²) in [7, 11) is 3.03. The second kappa shape index (κ2) is 10.5. The zero-order valence-electron chi connectivity index (χ0n) is 16.0. The van der Waals surface area contributed by atoms with E-state index in [-0.39, 0.29) is 6.61 Å². The van der Waals surface area contributed by atoms with Gasteiger partial charge in [0, 0.05) is 11.6 Å². The first kappa shape index (κ1) is 20.6. The smallest absolute Gasteiger partial charge is 0.271 e. The normalized spacial score (nSPS) is 10.2. The van der Waals surface area contributed by atoms with Crippen molar-refractivity contribution in [1.29, 1.82) is 0 Å². The van der Waals surface area contributed by atoms with Gasteiger partial charge in [-0.3, -0.25) is 4.79 Å². The first-order chi connectivity index (χ1) is 13.6. The van der Waals surface area contributed by atoms with E-state index in [1.807, 2.05) is 6.92 Å². The molecule has 0 atom stereocenters. The third kappa shape index (κ3) is 5.68. The number of terminal acetylenes is 1. The zero-order chi connectivity index (χ0) is 20.4. The molecule has 0 spiro atoms. The van der Waals surface area contributed by atoms with Crippen LogP contribution < -0.4 is 24.4 Å². The number of methoxy groups -OCH3 is 2. The molecule has 146 valence electrons. The van der Waals surface area contributed by atoms with Crippen molar-refractivity contribution in [1.82, 2.24) is 5.43 Å². The van der Waals surface area contributed by atoms with Gasteiger partial charge in [0.25, 0.3) is 5.91 Å². The number of rotatable bonds is 9. The van der Waals surface area contributed by atoms with E-state index in [0.29, 0.717) is 35.2 Å². The van der Waals surface area contributed by atoms with Crippen LogP contribution in [0.3, 0.4) is 0 Å². The van der Waals surface area contributed by atoms with E-state index in [4.69, 9.17) is 25.4 Å². The molecule has 1 amide bonds. The van der Waals surface area contributed by atoms with Crippen molar-refractivity contribution in [2.75, 3.05) is 27.4 Å². The van der Waals surface area contributed by atoms with Gasteiger partial charge in [-0.05, 0) is 42.8 Å². The van der Waals surface area contributed by atoms with Gasteiger partial charge in [-0.1, -0.05) is 5.92 Å². The summed E-state index contributed by atoms with van der Waals surface area (Å²) in [4.78, 5) is 12.3. The van der Waals surface area contributed by atoms with Crippen molar-refractivity contribution in [3.05, 3.63) is 47.5 Å². The Labute approximate surface area is 164 Å². The van der Waals surface area contributed by atoms with Gasteiger partial charge < -0.3 is 18.9 Å². The highest BCUT2D eigenvalue weighted by Crippen LogP contribution is 2.28. The first-order valence-corrected chi connectivity index (χ1v) is 8.50. The Morgan fingerprint density at radius 2 is 1.82 bits per heavy atom. The fourth-order valence-corrected chi connectivity index (χ4v) is 2.28. The molecule has 0 aromatic heterocycles. The molecule has 28 heavy (non-hydrogen) atoms. The second-order valence-corrected chi connectivity index (χ2v) is 5.43. The fourth-order valence-electron chi connectivity index (χ4n) is 2.28. The molecule has 0 aliphatic heterocycles. The summed E-state index contributed by atoms with van der Waals surface area (Å²) < 4.78 is 21.3. The van der Waals surface area contributed by atoms with Crippen molar-refractivity contribution in [2.24, 2.45) is 5.10 Å². The van der Waals surface area contributed by atoms with Gasteiger partial charge in [0.2, 0.25) is 0 Å². The number of nitrogens with zero attached hydrogens (tertiary/aromatic N) is 1. The van der Waals surface area contributed by atoms with E-state index in [2.05, 4.69) is 16.4 Å². The molecule has 0 radical (unpaired) electrons. The minimum absolute atomic E-state index is 0.146. The predicted molar refractivity (Wildman–Crippen MR) is 107 cm³/mol. The standard InChI is InChI=1S/C21H22N2O5/c1-5-9-28-19-8-7-15(10-20(19)27-6-2)14-22-23-21(24)16-11-17(25-3)13-18(12-16)26-4/h1,7-8,10-14H,6,9H2,2-4H3,(H,23,24)/b22-14-. The third-order valence-corrected chi connectivity index (χ3v) is 3.57. The highest BCUT2D eigenvalue weighted by atomic mass is 16.5. The summed E-state index contributed by atoms with van der Waals surface area (Å²) in [5, 5.41) is 3.99. The topological polar surface area (TPSA) is 78.4 Å². The molecule has 0 heterocycles. The maximum absolute atomic E-state index is 12.3. The SMILES string of the molecule is C#CCOc1ccc(/C=N\NC(=O)c2cc(OC)cc(OC)c2)cc1OCC. The van der Waals surface area contributed by atoms with Gasteiger partial charge >= 0.3 is 0 Å². The monoisotopic (exact) mass is 382 g/mol. The summed E-state index contributed by atoms with van der Waals surface area (Å²) in [6.45, 7) is 2.49. The van der Waals surface area contributed by atoms with Gasteiger partial charge in [0.05, 0.1) is 27.0 Å². The Balaban J connectivity index is 2.10. The van der Waals surface area contributed by atoms with Crippen LogP contribution in [0.25, 0.3) is 0 Å². The number of carbonyl (C=O) groups excluding carboxylic acids is 1. The molecule has 0 aliphatic rings. The average Bonchev–Trinajstić information content (AvgIpc) is 2.72. The minimum atomic E-state index is -0.396.